The van der Waals surface area contributed by atoms with Crippen molar-refractivity contribution < 1.29 is 4.79 Å². The van der Waals surface area contributed by atoms with Gasteiger partial charge < -0.3 is 14.5 Å². The van der Waals surface area contributed by atoms with E-state index in [1.807, 2.05) is 17.2 Å². The zero-order valence-electron chi connectivity index (χ0n) is 19.3. The average Bonchev–Trinajstić information content (AvgIpc) is 3.58. The number of hydrogen-bond acceptors (Lipinski definition) is 6. The Labute approximate surface area is 205 Å². The van der Waals surface area contributed by atoms with Gasteiger partial charge in [0.15, 0.2) is 5.82 Å². The van der Waals surface area contributed by atoms with E-state index in [0.717, 1.165) is 57.1 Å². The van der Waals surface area contributed by atoms with E-state index in [9.17, 15) is 4.79 Å². The molecule has 9 heteroatoms. The summed E-state index contributed by atoms with van der Waals surface area (Å²) in [5.74, 6) is 0.711. The second kappa shape index (κ2) is 9.76. The van der Waals surface area contributed by atoms with Crippen molar-refractivity contribution in [3.05, 3.63) is 41.0 Å². The van der Waals surface area contributed by atoms with Crippen LogP contribution < -0.4 is 9.62 Å². The van der Waals surface area contributed by atoms with Gasteiger partial charge in [0.1, 0.15) is 0 Å². The zero-order chi connectivity index (χ0) is 22.8. The molecule has 4 heterocycles. The van der Waals surface area contributed by atoms with Gasteiger partial charge in [-0.25, -0.2) is 4.79 Å². The van der Waals surface area contributed by atoms with E-state index >= 15 is 0 Å². The molecule has 33 heavy (non-hydrogen) atoms. The first-order valence-corrected chi connectivity index (χ1v) is 13.6. The minimum Gasteiger partial charge on any atom is -0.370 e. The van der Waals surface area contributed by atoms with Crippen LogP contribution in [-0.4, -0.2) is 70.1 Å². The molecule has 3 saturated heterocycles. The maximum atomic E-state index is 12.9. The maximum Gasteiger partial charge on any atom is 0.344 e. The number of benzene rings is 1. The van der Waals surface area contributed by atoms with Gasteiger partial charge in [-0.05, 0) is 62.8 Å². The molecule has 3 fully saturated rings. The molecule has 7 nitrogen and oxygen atoms in total. The Bertz CT molecular complexity index is 983. The molecule has 0 bridgehead atoms. The fourth-order valence-corrected chi connectivity index (χ4v) is 6.29. The van der Waals surface area contributed by atoms with E-state index in [4.69, 9.17) is 11.6 Å². The molecule has 0 saturated carbocycles. The molecule has 5 rings (SSSR count). The molecule has 3 aliphatic rings. The van der Waals surface area contributed by atoms with Gasteiger partial charge >= 0.3 is 6.03 Å². The van der Waals surface area contributed by atoms with Gasteiger partial charge in [-0.3, -0.25) is 4.90 Å². The van der Waals surface area contributed by atoms with Crippen LogP contribution in [0.5, 0.6) is 0 Å². The Hall–Kier alpha value is -1.90. The smallest absolute Gasteiger partial charge is 0.344 e. The summed E-state index contributed by atoms with van der Waals surface area (Å²) in [5.41, 5.74) is 2.72. The van der Waals surface area contributed by atoms with Crippen molar-refractivity contribution in [1.29, 1.82) is 0 Å². The zero-order valence-corrected chi connectivity index (χ0v) is 20.9. The Morgan fingerprint density at radius 2 is 1.88 bits per heavy atom. The molecule has 1 spiro atoms. The lowest BCUT2D eigenvalue weighted by molar-refractivity contribution is 0.0585. The quantitative estimate of drug-likeness (QED) is 0.602. The lowest BCUT2D eigenvalue weighted by Gasteiger charge is -2.45. The second-order valence-corrected chi connectivity index (χ2v) is 10.5. The molecule has 0 unspecified atom stereocenters. The van der Waals surface area contributed by atoms with E-state index in [2.05, 4.69) is 37.8 Å². The van der Waals surface area contributed by atoms with Crippen LogP contribution in [0.3, 0.4) is 0 Å². The lowest BCUT2D eigenvalue weighted by Crippen LogP contribution is -2.53. The van der Waals surface area contributed by atoms with Gasteiger partial charge in [0, 0.05) is 56.8 Å². The third-order valence-corrected chi connectivity index (χ3v) is 8.26. The number of aromatic nitrogens is 2. The molecule has 2 aromatic rings. The molecular weight excluding hydrogens is 456 g/mol. The number of anilines is 2. The van der Waals surface area contributed by atoms with Crippen molar-refractivity contribution in [2.75, 3.05) is 48.6 Å². The van der Waals surface area contributed by atoms with Crippen LogP contribution in [0, 0.1) is 0 Å². The molecule has 178 valence electrons. The Morgan fingerprint density at radius 3 is 2.64 bits per heavy atom. The fourth-order valence-electron chi connectivity index (χ4n) is 5.73. The predicted octanol–water partition coefficient (Wildman–Crippen LogP) is 4.93. The van der Waals surface area contributed by atoms with Crippen molar-refractivity contribution in [3.63, 3.8) is 0 Å². The monoisotopic (exact) mass is 488 g/mol. The number of hydrogen-bond donors (Lipinski definition) is 1. The Kier molecular flexibility index (Phi) is 6.77. The molecule has 0 radical (unpaired) electrons. The highest BCUT2D eigenvalue weighted by Gasteiger charge is 2.43. The molecule has 3 aliphatic heterocycles. The summed E-state index contributed by atoms with van der Waals surface area (Å²) < 4.78 is 4.53. The van der Waals surface area contributed by atoms with Crippen molar-refractivity contribution in [2.24, 2.45) is 0 Å². The van der Waals surface area contributed by atoms with Crippen LogP contribution >= 0.6 is 23.5 Å². The highest BCUT2D eigenvalue weighted by atomic mass is 35.5. The SMILES string of the molecule is CSNc1ccn(C(=O)N2CCC3(CCCN3Cc3ccc(Cl)c(N4CCCC4)c3)CC2)n1. The summed E-state index contributed by atoms with van der Waals surface area (Å²) in [7, 11) is 0. The molecule has 1 N–H and O–H groups in total. The third-order valence-electron chi connectivity index (χ3n) is 7.53. The van der Waals surface area contributed by atoms with Gasteiger partial charge in [0.2, 0.25) is 0 Å². The molecule has 1 aromatic heterocycles. The number of nitrogens with zero attached hydrogens (tertiary/aromatic N) is 5. The average molecular weight is 489 g/mol. The summed E-state index contributed by atoms with van der Waals surface area (Å²) in [5, 5.41) is 5.21. The first-order chi connectivity index (χ1) is 16.1. The summed E-state index contributed by atoms with van der Waals surface area (Å²) in [4.78, 5) is 20.0. The molecule has 0 aliphatic carbocycles. The van der Waals surface area contributed by atoms with Gasteiger partial charge in [-0.15, -0.1) is 5.10 Å². The van der Waals surface area contributed by atoms with E-state index in [-0.39, 0.29) is 11.6 Å². The van der Waals surface area contributed by atoms with Crippen molar-refractivity contribution >= 4 is 41.1 Å². The summed E-state index contributed by atoms with van der Waals surface area (Å²) in [6, 6.07) is 8.36. The summed E-state index contributed by atoms with van der Waals surface area (Å²) in [6.07, 6.45) is 10.7. The van der Waals surface area contributed by atoms with E-state index in [1.165, 1.54) is 53.6 Å². The number of piperidine rings is 1. The predicted molar refractivity (Wildman–Crippen MR) is 136 cm³/mol. The van der Waals surface area contributed by atoms with Gasteiger partial charge in [-0.2, -0.15) is 4.68 Å². The lowest BCUT2D eigenvalue weighted by atomic mass is 9.85. The van der Waals surface area contributed by atoms with Gasteiger partial charge in [0.25, 0.3) is 0 Å². The van der Waals surface area contributed by atoms with Crippen LogP contribution in [-0.2, 0) is 6.54 Å². The van der Waals surface area contributed by atoms with Crippen LogP contribution in [0.15, 0.2) is 30.5 Å². The number of nitrogens with one attached hydrogen (secondary N) is 1. The fraction of sp³-hybridized carbons (Fsp3) is 0.583. The Balaban J connectivity index is 1.24. The highest BCUT2D eigenvalue weighted by Crippen LogP contribution is 2.40. The van der Waals surface area contributed by atoms with E-state index < -0.39 is 0 Å². The standard InChI is InChI=1S/C24H33ClN6OS/c1-33-27-22-7-14-31(26-22)23(32)29-15-9-24(10-16-29)8-4-13-30(24)18-19-5-6-20(25)21(17-19)28-11-2-3-12-28/h5-7,14,17H,2-4,8-13,15-16,18H2,1H3,(H,26,27). The first-order valence-electron chi connectivity index (χ1n) is 12.0. The van der Waals surface area contributed by atoms with Crippen LogP contribution in [0.25, 0.3) is 0 Å². The third kappa shape index (κ3) is 4.70. The minimum atomic E-state index is -0.0310. The molecule has 0 atom stereocenters. The molecule has 1 aromatic carbocycles. The number of rotatable bonds is 5. The van der Waals surface area contributed by atoms with E-state index in [1.54, 1.807) is 6.20 Å². The number of carbonyl (C=O) groups is 1. The highest BCUT2D eigenvalue weighted by molar-refractivity contribution is 7.99. The summed E-state index contributed by atoms with van der Waals surface area (Å²) >= 11 is 8.02. The first kappa shape index (κ1) is 22.9. The van der Waals surface area contributed by atoms with Gasteiger partial charge in [-0.1, -0.05) is 29.6 Å². The topological polar surface area (TPSA) is 56.6 Å². The van der Waals surface area contributed by atoms with Crippen molar-refractivity contribution in [2.45, 2.75) is 50.6 Å². The number of likely N-dealkylation sites (tertiary alicyclic amines) is 2. The maximum absolute atomic E-state index is 12.9. The Morgan fingerprint density at radius 1 is 1.09 bits per heavy atom. The van der Waals surface area contributed by atoms with Crippen LogP contribution in [0.1, 0.15) is 44.1 Å². The molecule has 1 amide bonds. The second-order valence-electron chi connectivity index (χ2n) is 9.45. The minimum absolute atomic E-state index is 0.0310. The van der Waals surface area contributed by atoms with Crippen molar-refractivity contribution in [1.82, 2.24) is 19.6 Å². The van der Waals surface area contributed by atoms with Crippen LogP contribution in [0.2, 0.25) is 5.02 Å². The number of amides is 1. The number of halogens is 1. The van der Waals surface area contributed by atoms with Crippen molar-refractivity contribution in [3.8, 4) is 0 Å². The van der Waals surface area contributed by atoms with Crippen LogP contribution in [0.4, 0.5) is 16.3 Å². The largest absolute Gasteiger partial charge is 0.370 e. The number of carbonyl (C=O) groups excluding carboxylic acids is 1. The summed E-state index contributed by atoms with van der Waals surface area (Å²) in [6.45, 7) is 5.84. The normalized spacial score (nSPS) is 20.7. The van der Waals surface area contributed by atoms with E-state index in [0.29, 0.717) is 5.82 Å². The molecular formula is C24H33ClN6OS. The van der Waals surface area contributed by atoms with Gasteiger partial charge in [0.05, 0.1) is 10.7 Å².